The monoisotopic (exact) mass is 293 g/mol. The van der Waals surface area contributed by atoms with E-state index in [1.165, 1.54) is 24.1 Å². The molecule has 0 atom stereocenters. The molecule has 0 fully saturated rings. The second-order valence-corrected chi connectivity index (χ2v) is 6.37. The summed E-state index contributed by atoms with van der Waals surface area (Å²) < 4.78 is 1.72. The van der Waals surface area contributed by atoms with E-state index < -0.39 is 0 Å². The van der Waals surface area contributed by atoms with Crippen LogP contribution in [0.4, 0.5) is 0 Å². The molecule has 0 aliphatic heterocycles. The Labute approximate surface area is 123 Å². The molecular weight excluding hydrogens is 270 g/mol. The number of hydrogen-bond acceptors (Lipinski definition) is 4. The molecule has 0 unspecified atom stereocenters. The van der Waals surface area contributed by atoms with Crippen LogP contribution in [-0.2, 0) is 6.54 Å². The fraction of sp³-hybridized carbons (Fsp3) is 0.600. The van der Waals surface area contributed by atoms with Gasteiger partial charge in [-0.1, -0.05) is 19.8 Å². The second kappa shape index (κ2) is 6.99. The van der Waals surface area contributed by atoms with Crippen LogP contribution in [0.5, 0.6) is 0 Å². The van der Waals surface area contributed by atoms with Crippen molar-refractivity contribution in [3.63, 3.8) is 0 Å². The second-order valence-electron chi connectivity index (χ2n) is 5.16. The summed E-state index contributed by atoms with van der Waals surface area (Å²) >= 11 is 1.60. The maximum atomic E-state index is 12.4. The number of hydrogen-bond donors (Lipinski definition) is 1. The highest BCUT2D eigenvalue weighted by Crippen LogP contribution is 2.25. The number of unbranched alkanes of at least 4 members (excludes halogenated alkanes) is 2. The molecule has 0 aromatic carbocycles. The molecule has 0 radical (unpaired) electrons. The first-order valence-electron chi connectivity index (χ1n) is 7.31. The van der Waals surface area contributed by atoms with Gasteiger partial charge in [-0.05, 0) is 32.4 Å². The maximum absolute atomic E-state index is 12.4. The van der Waals surface area contributed by atoms with Crippen molar-refractivity contribution in [2.24, 2.45) is 0 Å². The van der Waals surface area contributed by atoms with Crippen LogP contribution in [0.25, 0.3) is 10.2 Å². The minimum atomic E-state index is 0.0900. The van der Waals surface area contributed by atoms with E-state index in [2.05, 4.69) is 17.2 Å². The summed E-state index contributed by atoms with van der Waals surface area (Å²) in [6, 6.07) is 0. The van der Waals surface area contributed by atoms with Crippen LogP contribution >= 0.6 is 11.3 Å². The third kappa shape index (κ3) is 3.27. The molecule has 0 spiro atoms. The van der Waals surface area contributed by atoms with E-state index in [-0.39, 0.29) is 5.56 Å². The van der Waals surface area contributed by atoms with Crippen LogP contribution in [0.3, 0.4) is 0 Å². The lowest BCUT2D eigenvalue weighted by Gasteiger charge is -2.07. The topological polar surface area (TPSA) is 46.9 Å². The molecule has 0 saturated carbocycles. The molecule has 0 bridgehead atoms. The Bertz CT molecular complexity index is 630. The van der Waals surface area contributed by atoms with Gasteiger partial charge in [0.15, 0.2) is 0 Å². The predicted molar refractivity (Wildman–Crippen MR) is 85.7 cm³/mol. The summed E-state index contributed by atoms with van der Waals surface area (Å²) in [5.41, 5.74) is 1.17. The molecule has 2 rings (SSSR count). The quantitative estimate of drug-likeness (QED) is 0.799. The van der Waals surface area contributed by atoms with Gasteiger partial charge in [-0.15, -0.1) is 11.3 Å². The zero-order valence-electron chi connectivity index (χ0n) is 12.5. The Balaban J connectivity index is 2.02. The minimum absolute atomic E-state index is 0.0900. The molecule has 5 heteroatoms. The van der Waals surface area contributed by atoms with Crippen LogP contribution in [0.1, 0.15) is 36.6 Å². The maximum Gasteiger partial charge on any atom is 0.262 e. The molecule has 0 aliphatic rings. The highest BCUT2D eigenvalue weighted by molar-refractivity contribution is 7.18. The minimum Gasteiger partial charge on any atom is -0.315 e. The Kier molecular flexibility index (Phi) is 5.31. The van der Waals surface area contributed by atoms with Gasteiger partial charge >= 0.3 is 0 Å². The number of aryl methyl sites for hydroxylation is 2. The van der Waals surface area contributed by atoms with Gasteiger partial charge in [-0.2, -0.15) is 0 Å². The third-order valence-corrected chi connectivity index (χ3v) is 4.76. The first-order valence-corrected chi connectivity index (χ1v) is 8.12. The number of thiophene rings is 1. The summed E-state index contributed by atoms with van der Waals surface area (Å²) in [5, 5.41) is 4.17. The summed E-state index contributed by atoms with van der Waals surface area (Å²) in [6.07, 6.45) is 5.37. The van der Waals surface area contributed by atoms with Crippen molar-refractivity contribution in [1.82, 2.24) is 14.9 Å². The third-order valence-electron chi connectivity index (χ3n) is 3.64. The van der Waals surface area contributed by atoms with Gasteiger partial charge in [-0.3, -0.25) is 9.36 Å². The molecule has 2 aromatic rings. The van der Waals surface area contributed by atoms with E-state index >= 15 is 0 Å². The zero-order valence-corrected chi connectivity index (χ0v) is 13.3. The van der Waals surface area contributed by atoms with Crippen LogP contribution in [0.15, 0.2) is 11.1 Å². The summed E-state index contributed by atoms with van der Waals surface area (Å²) in [4.78, 5) is 18.9. The SMILES string of the molecule is CCCCCNCCn1cnc2sc(C)c(C)c2c1=O. The van der Waals surface area contributed by atoms with E-state index in [4.69, 9.17) is 0 Å². The normalized spacial score (nSPS) is 11.3. The zero-order chi connectivity index (χ0) is 14.5. The smallest absolute Gasteiger partial charge is 0.262 e. The standard InChI is InChI=1S/C15H23N3OS/c1-4-5-6-7-16-8-9-18-10-17-14-13(15(18)19)11(2)12(3)20-14/h10,16H,4-9H2,1-3H3. The predicted octanol–water partition coefficient (Wildman–Crippen LogP) is 2.85. The number of rotatable bonds is 7. The van der Waals surface area contributed by atoms with Crippen molar-refractivity contribution < 1.29 is 0 Å². The average Bonchev–Trinajstić information content (AvgIpc) is 2.72. The van der Waals surface area contributed by atoms with E-state index in [9.17, 15) is 4.79 Å². The molecule has 2 heterocycles. The van der Waals surface area contributed by atoms with Gasteiger partial charge in [0.05, 0.1) is 11.7 Å². The Morgan fingerprint density at radius 2 is 2.10 bits per heavy atom. The fourth-order valence-electron chi connectivity index (χ4n) is 2.25. The van der Waals surface area contributed by atoms with Crippen molar-refractivity contribution in [3.8, 4) is 0 Å². The molecule has 2 aromatic heterocycles. The average molecular weight is 293 g/mol. The highest BCUT2D eigenvalue weighted by atomic mass is 32.1. The molecule has 110 valence electrons. The Hall–Kier alpha value is -1.20. The molecule has 0 aliphatic carbocycles. The van der Waals surface area contributed by atoms with Gasteiger partial charge < -0.3 is 5.32 Å². The van der Waals surface area contributed by atoms with Gasteiger partial charge in [0, 0.05) is 18.0 Å². The molecule has 4 nitrogen and oxygen atoms in total. The lowest BCUT2D eigenvalue weighted by Crippen LogP contribution is -2.27. The highest BCUT2D eigenvalue weighted by Gasteiger charge is 2.11. The first-order chi connectivity index (χ1) is 9.65. The first kappa shape index (κ1) is 15.2. The summed E-state index contributed by atoms with van der Waals surface area (Å²) in [7, 11) is 0. The lowest BCUT2D eigenvalue weighted by atomic mass is 10.2. The number of nitrogens with one attached hydrogen (secondary N) is 1. The Morgan fingerprint density at radius 1 is 1.30 bits per heavy atom. The molecule has 1 N–H and O–H groups in total. The number of nitrogens with zero attached hydrogens (tertiary/aromatic N) is 2. The summed E-state index contributed by atoms with van der Waals surface area (Å²) in [6.45, 7) is 8.77. The Morgan fingerprint density at radius 3 is 2.85 bits per heavy atom. The van der Waals surface area contributed by atoms with Crippen LogP contribution < -0.4 is 10.9 Å². The molecule has 0 saturated heterocycles. The van der Waals surface area contributed by atoms with Gasteiger partial charge in [0.25, 0.3) is 5.56 Å². The van der Waals surface area contributed by atoms with Crippen molar-refractivity contribution in [2.75, 3.05) is 13.1 Å². The van der Waals surface area contributed by atoms with Crippen molar-refractivity contribution in [3.05, 3.63) is 27.1 Å². The van der Waals surface area contributed by atoms with Gasteiger partial charge in [0.2, 0.25) is 0 Å². The van der Waals surface area contributed by atoms with E-state index in [1.807, 2.05) is 13.8 Å². The number of fused-ring (bicyclic) bond motifs is 1. The van der Waals surface area contributed by atoms with Gasteiger partial charge in [-0.25, -0.2) is 4.98 Å². The van der Waals surface area contributed by atoms with E-state index in [0.717, 1.165) is 28.9 Å². The molecule has 20 heavy (non-hydrogen) atoms. The van der Waals surface area contributed by atoms with Crippen LogP contribution in [0.2, 0.25) is 0 Å². The van der Waals surface area contributed by atoms with Crippen molar-refractivity contribution in [2.45, 2.75) is 46.6 Å². The fourth-order valence-corrected chi connectivity index (χ4v) is 3.24. The van der Waals surface area contributed by atoms with Crippen LogP contribution in [-0.4, -0.2) is 22.6 Å². The van der Waals surface area contributed by atoms with Crippen molar-refractivity contribution in [1.29, 1.82) is 0 Å². The number of aromatic nitrogens is 2. The largest absolute Gasteiger partial charge is 0.315 e. The molecule has 0 amide bonds. The van der Waals surface area contributed by atoms with Crippen molar-refractivity contribution >= 4 is 21.6 Å². The lowest BCUT2D eigenvalue weighted by molar-refractivity contribution is 0.559. The summed E-state index contributed by atoms with van der Waals surface area (Å²) in [5.74, 6) is 0. The van der Waals surface area contributed by atoms with Crippen LogP contribution in [0, 0.1) is 13.8 Å². The van der Waals surface area contributed by atoms with E-state index in [1.54, 1.807) is 22.2 Å². The van der Waals surface area contributed by atoms with Gasteiger partial charge in [0.1, 0.15) is 4.83 Å². The van der Waals surface area contributed by atoms with E-state index in [0.29, 0.717) is 6.54 Å². The molecular formula is C15H23N3OS.